The average molecular weight is 268 g/mol. The van der Waals surface area contributed by atoms with Gasteiger partial charge >= 0.3 is 0 Å². The Morgan fingerprint density at radius 3 is 2.70 bits per heavy atom. The molecule has 1 aromatic heterocycles. The molecule has 0 bridgehead atoms. The zero-order valence-corrected chi connectivity index (χ0v) is 11.6. The van der Waals surface area contributed by atoms with Crippen molar-refractivity contribution >= 4 is 0 Å². The van der Waals surface area contributed by atoms with Crippen LogP contribution in [0.2, 0.25) is 0 Å². The highest BCUT2D eigenvalue weighted by Gasteiger charge is 2.13. The van der Waals surface area contributed by atoms with Crippen LogP contribution in [0.5, 0.6) is 5.75 Å². The molecule has 1 aromatic carbocycles. The monoisotopic (exact) mass is 268 g/mol. The Morgan fingerprint density at radius 1 is 1.00 bits per heavy atom. The Hall–Kier alpha value is -1.87. The van der Waals surface area contributed by atoms with E-state index in [4.69, 9.17) is 4.74 Å². The molecule has 104 valence electrons. The molecule has 0 aliphatic carbocycles. The molecular formula is C17H20N2O. The number of hydrogen-bond acceptors (Lipinski definition) is 3. The maximum absolute atomic E-state index is 6.07. The van der Waals surface area contributed by atoms with E-state index in [1.54, 1.807) is 0 Å². The second kappa shape index (κ2) is 6.53. The van der Waals surface area contributed by atoms with E-state index < -0.39 is 0 Å². The summed E-state index contributed by atoms with van der Waals surface area (Å²) in [5, 5.41) is 3.41. The number of rotatable bonds is 3. The molecule has 1 atom stereocenters. The largest absolute Gasteiger partial charge is 0.490 e. The summed E-state index contributed by atoms with van der Waals surface area (Å²) in [6.07, 6.45) is 5.57. The highest BCUT2D eigenvalue weighted by Crippen LogP contribution is 2.22. The molecule has 1 aliphatic heterocycles. The number of pyridine rings is 1. The van der Waals surface area contributed by atoms with Gasteiger partial charge in [0.15, 0.2) is 0 Å². The van der Waals surface area contributed by atoms with Gasteiger partial charge in [0.1, 0.15) is 5.75 Å². The van der Waals surface area contributed by atoms with Gasteiger partial charge in [0, 0.05) is 11.8 Å². The summed E-state index contributed by atoms with van der Waals surface area (Å²) < 4.78 is 6.07. The molecule has 1 fully saturated rings. The zero-order valence-electron chi connectivity index (χ0n) is 11.6. The van der Waals surface area contributed by atoms with Crippen LogP contribution in [0.25, 0.3) is 11.3 Å². The van der Waals surface area contributed by atoms with Crippen molar-refractivity contribution in [1.29, 1.82) is 0 Å². The first-order valence-corrected chi connectivity index (χ1v) is 7.31. The second-order valence-electron chi connectivity index (χ2n) is 5.16. The van der Waals surface area contributed by atoms with Crippen molar-refractivity contribution < 1.29 is 4.74 Å². The minimum absolute atomic E-state index is 0.339. The van der Waals surface area contributed by atoms with Crippen molar-refractivity contribution in [2.45, 2.75) is 25.4 Å². The van der Waals surface area contributed by atoms with Gasteiger partial charge in [-0.2, -0.15) is 0 Å². The first-order valence-electron chi connectivity index (χ1n) is 7.31. The van der Waals surface area contributed by atoms with Gasteiger partial charge in [0.2, 0.25) is 0 Å². The van der Waals surface area contributed by atoms with Crippen LogP contribution in [0.1, 0.15) is 19.3 Å². The molecule has 3 nitrogen and oxygen atoms in total. The Bertz CT molecular complexity index is 516. The molecule has 1 aliphatic rings. The van der Waals surface area contributed by atoms with Gasteiger partial charge in [-0.15, -0.1) is 0 Å². The lowest BCUT2D eigenvalue weighted by molar-refractivity contribution is 0.187. The Balaban J connectivity index is 1.67. The van der Waals surface area contributed by atoms with Crippen LogP contribution in [0, 0.1) is 0 Å². The summed E-state index contributed by atoms with van der Waals surface area (Å²) in [6.45, 7) is 2.16. The van der Waals surface area contributed by atoms with E-state index in [0.29, 0.717) is 6.10 Å². The van der Waals surface area contributed by atoms with E-state index in [1.165, 1.54) is 6.42 Å². The standard InChI is InChI=1S/C17H20N2O/c1-2-12-19-17(5-1)14-6-8-16(9-7-14)20-15-4-3-11-18-13-10-15/h1-2,5-9,12,15,18H,3-4,10-11,13H2. The third-order valence-electron chi connectivity index (χ3n) is 3.64. The third kappa shape index (κ3) is 3.36. The van der Waals surface area contributed by atoms with Crippen LogP contribution in [-0.2, 0) is 0 Å². The molecule has 0 radical (unpaired) electrons. The quantitative estimate of drug-likeness (QED) is 0.927. The van der Waals surface area contributed by atoms with Gasteiger partial charge in [-0.3, -0.25) is 4.98 Å². The summed E-state index contributed by atoms with van der Waals surface area (Å²) in [4.78, 5) is 4.36. The topological polar surface area (TPSA) is 34.1 Å². The molecule has 3 heteroatoms. The molecule has 1 unspecified atom stereocenters. The van der Waals surface area contributed by atoms with E-state index in [-0.39, 0.29) is 0 Å². The fourth-order valence-corrected chi connectivity index (χ4v) is 2.54. The van der Waals surface area contributed by atoms with Gasteiger partial charge in [0.05, 0.1) is 11.8 Å². The van der Waals surface area contributed by atoms with Crippen molar-refractivity contribution in [3.8, 4) is 17.0 Å². The molecule has 0 spiro atoms. The fraction of sp³-hybridized carbons (Fsp3) is 0.353. The molecule has 20 heavy (non-hydrogen) atoms. The second-order valence-corrected chi connectivity index (χ2v) is 5.16. The molecule has 3 rings (SSSR count). The fourth-order valence-electron chi connectivity index (χ4n) is 2.54. The minimum Gasteiger partial charge on any atom is -0.490 e. The predicted molar refractivity (Wildman–Crippen MR) is 80.8 cm³/mol. The van der Waals surface area contributed by atoms with Gasteiger partial charge in [-0.1, -0.05) is 6.07 Å². The highest BCUT2D eigenvalue weighted by atomic mass is 16.5. The highest BCUT2D eigenvalue weighted by molar-refractivity contribution is 5.59. The normalized spacial score (nSPS) is 19.3. The predicted octanol–water partition coefficient (Wildman–Crippen LogP) is 3.27. The van der Waals surface area contributed by atoms with Gasteiger partial charge in [-0.05, 0) is 68.8 Å². The van der Waals surface area contributed by atoms with Gasteiger partial charge in [-0.25, -0.2) is 0 Å². The summed E-state index contributed by atoms with van der Waals surface area (Å²) in [5.74, 6) is 0.955. The summed E-state index contributed by atoms with van der Waals surface area (Å²) >= 11 is 0. The number of benzene rings is 1. The van der Waals surface area contributed by atoms with Crippen LogP contribution in [0.3, 0.4) is 0 Å². The van der Waals surface area contributed by atoms with Crippen LogP contribution in [0.4, 0.5) is 0 Å². The van der Waals surface area contributed by atoms with Crippen molar-refractivity contribution in [3.63, 3.8) is 0 Å². The molecule has 1 saturated heterocycles. The van der Waals surface area contributed by atoms with E-state index in [2.05, 4.69) is 22.4 Å². The maximum Gasteiger partial charge on any atom is 0.119 e. The zero-order chi connectivity index (χ0) is 13.6. The molecule has 1 N–H and O–H groups in total. The molecule has 0 amide bonds. The van der Waals surface area contributed by atoms with Crippen molar-refractivity contribution in [2.75, 3.05) is 13.1 Å². The summed E-state index contributed by atoms with van der Waals surface area (Å²) in [5.41, 5.74) is 2.12. The Labute approximate surface area is 120 Å². The summed E-state index contributed by atoms with van der Waals surface area (Å²) in [7, 11) is 0. The van der Waals surface area contributed by atoms with Crippen LogP contribution < -0.4 is 10.1 Å². The first kappa shape index (κ1) is 13.1. The third-order valence-corrected chi connectivity index (χ3v) is 3.64. The lowest BCUT2D eigenvalue weighted by Gasteiger charge is -2.16. The number of hydrogen-bond donors (Lipinski definition) is 1. The number of aromatic nitrogens is 1. The molecule has 0 saturated carbocycles. The van der Waals surface area contributed by atoms with Gasteiger partial charge in [0.25, 0.3) is 0 Å². The number of nitrogens with zero attached hydrogens (tertiary/aromatic N) is 1. The Kier molecular flexibility index (Phi) is 4.28. The number of nitrogens with one attached hydrogen (secondary N) is 1. The lowest BCUT2D eigenvalue weighted by Crippen LogP contribution is -2.19. The molecule has 2 aromatic rings. The smallest absolute Gasteiger partial charge is 0.119 e. The van der Waals surface area contributed by atoms with E-state index in [1.807, 2.05) is 36.5 Å². The van der Waals surface area contributed by atoms with Crippen LogP contribution >= 0.6 is 0 Å². The van der Waals surface area contributed by atoms with Gasteiger partial charge < -0.3 is 10.1 Å². The van der Waals surface area contributed by atoms with E-state index in [0.717, 1.165) is 42.9 Å². The molecular weight excluding hydrogens is 248 g/mol. The maximum atomic E-state index is 6.07. The van der Waals surface area contributed by atoms with Crippen molar-refractivity contribution in [3.05, 3.63) is 48.7 Å². The van der Waals surface area contributed by atoms with Crippen molar-refractivity contribution in [1.82, 2.24) is 10.3 Å². The van der Waals surface area contributed by atoms with Crippen LogP contribution in [0.15, 0.2) is 48.7 Å². The average Bonchev–Trinajstić information content (AvgIpc) is 2.78. The van der Waals surface area contributed by atoms with Crippen molar-refractivity contribution in [2.24, 2.45) is 0 Å². The molecule has 2 heterocycles. The van der Waals surface area contributed by atoms with Crippen LogP contribution in [-0.4, -0.2) is 24.2 Å². The SMILES string of the molecule is c1ccc(-c2ccc(OC3CCCNCC3)cc2)nc1. The minimum atomic E-state index is 0.339. The first-order chi connectivity index (χ1) is 9.92. The Morgan fingerprint density at radius 2 is 1.90 bits per heavy atom. The van der Waals surface area contributed by atoms with E-state index in [9.17, 15) is 0 Å². The number of ether oxygens (including phenoxy) is 1. The van der Waals surface area contributed by atoms with E-state index >= 15 is 0 Å². The lowest BCUT2D eigenvalue weighted by atomic mass is 10.1. The summed E-state index contributed by atoms with van der Waals surface area (Å²) in [6, 6.07) is 14.2.